The van der Waals surface area contributed by atoms with Crippen molar-refractivity contribution in [1.29, 1.82) is 0 Å². The molecule has 0 saturated carbocycles. The van der Waals surface area contributed by atoms with Crippen LogP contribution in [0.5, 0.6) is 0 Å². The Labute approximate surface area is 116 Å². The molecule has 2 rings (SSSR count). The fourth-order valence-corrected chi connectivity index (χ4v) is 4.66. The third-order valence-corrected chi connectivity index (χ3v) is 6.03. The van der Waals surface area contributed by atoms with Gasteiger partial charge >= 0.3 is 10.0 Å². The van der Waals surface area contributed by atoms with Gasteiger partial charge in [-0.05, 0) is 53.0 Å². The number of rotatable bonds is 2. The van der Waals surface area contributed by atoms with Crippen molar-refractivity contribution >= 4 is 31.8 Å². The van der Waals surface area contributed by atoms with Crippen LogP contribution in [-0.2, 0) is 10.0 Å². The lowest BCUT2D eigenvalue weighted by Crippen LogP contribution is -2.25. The summed E-state index contributed by atoms with van der Waals surface area (Å²) in [6.07, 6.45) is 0. The molecule has 0 amide bonds. The number of sulfonamides is 1. The SMILES string of the molecule is CC1=[N+](S(=O)(=O)c2cc(C)c(C)cc2Br)CCN1. The number of benzene rings is 1. The van der Waals surface area contributed by atoms with Crippen molar-refractivity contribution in [1.82, 2.24) is 5.32 Å². The van der Waals surface area contributed by atoms with Crippen molar-refractivity contribution in [3.63, 3.8) is 0 Å². The smallest absolute Gasteiger partial charge is 0.274 e. The van der Waals surface area contributed by atoms with Gasteiger partial charge in [0.15, 0.2) is 0 Å². The molecule has 0 atom stereocenters. The highest BCUT2D eigenvalue weighted by Crippen LogP contribution is 2.27. The van der Waals surface area contributed by atoms with Gasteiger partial charge in [-0.25, -0.2) is 0 Å². The number of hydrogen-bond donors (Lipinski definition) is 1. The van der Waals surface area contributed by atoms with Gasteiger partial charge < -0.3 is 0 Å². The molecule has 1 aromatic carbocycles. The van der Waals surface area contributed by atoms with E-state index < -0.39 is 10.0 Å². The molecular weight excluding hydrogens is 316 g/mol. The molecule has 0 saturated heterocycles. The number of aryl methyl sites for hydroxylation is 2. The quantitative estimate of drug-likeness (QED) is 0.840. The highest BCUT2D eigenvalue weighted by molar-refractivity contribution is 9.10. The Morgan fingerprint density at radius 2 is 1.83 bits per heavy atom. The van der Waals surface area contributed by atoms with Crippen LogP contribution in [0.25, 0.3) is 0 Å². The van der Waals surface area contributed by atoms with Gasteiger partial charge in [0.1, 0.15) is 18.0 Å². The average molecular weight is 332 g/mol. The molecule has 0 fully saturated rings. The molecule has 18 heavy (non-hydrogen) atoms. The van der Waals surface area contributed by atoms with Crippen LogP contribution in [-0.4, -0.2) is 31.3 Å². The lowest BCUT2D eigenvalue weighted by atomic mass is 10.1. The molecule has 6 heteroatoms. The number of nitrogens with zero attached hydrogens (tertiary/aromatic N) is 1. The van der Waals surface area contributed by atoms with Crippen LogP contribution < -0.4 is 5.32 Å². The first-order valence-corrected chi connectivity index (χ1v) is 7.94. The predicted molar refractivity (Wildman–Crippen MR) is 74.6 cm³/mol. The summed E-state index contributed by atoms with van der Waals surface area (Å²) in [5.74, 6) is 0.681. The van der Waals surface area contributed by atoms with E-state index in [0.717, 1.165) is 11.1 Å². The first-order valence-electron chi connectivity index (χ1n) is 5.71. The minimum Gasteiger partial charge on any atom is -0.274 e. The molecule has 0 radical (unpaired) electrons. The molecule has 98 valence electrons. The second-order valence-corrected chi connectivity index (χ2v) is 7.14. The summed E-state index contributed by atoms with van der Waals surface area (Å²) >= 11 is 3.35. The van der Waals surface area contributed by atoms with Gasteiger partial charge in [0, 0.05) is 11.4 Å². The Hall–Kier alpha value is -0.880. The molecule has 1 aliphatic rings. The maximum absolute atomic E-state index is 12.6. The van der Waals surface area contributed by atoms with Gasteiger partial charge in [-0.15, -0.1) is 3.98 Å². The van der Waals surface area contributed by atoms with Gasteiger partial charge in [0.25, 0.3) is 5.84 Å². The van der Waals surface area contributed by atoms with Crippen molar-refractivity contribution < 1.29 is 12.4 Å². The minimum atomic E-state index is -3.47. The zero-order valence-electron chi connectivity index (χ0n) is 10.6. The molecule has 0 unspecified atom stereocenters. The molecule has 1 aromatic rings. The van der Waals surface area contributed by atoms with Gasteiger partial charge in [0.05, 0.1) is 0 Å². The summed E-state index contributed by atoms with van der Waals surface area (Å²) in [4.78, 5) is 0.327. The molecule has 0 spiro atoms. The van der Waals surface area contributed by atoms with Crippen molar-refractivity contribution in [2.75, 3.05) is 13.1 Å². The number of halogens is 1. The van der Waals surface area contributed by atoms with E-state index >= 15 is 0 Å². The number of amidine groups is 1. The van der Waals surface area contributed by atoms with Crippen LogP contribution in [0, 0.1) is 13.8 Å². The van der Waals surface area contributed by atoms with Crippen LogP contribution >= 0.6 is 15.9 Å². The Morgan fingerprint density at radius 1 is 1.22 bits per heavy atom. The summed E-state index contributed by atoms with van der Waals surface area (Å²) in [7, 11) is -3.47. The lowest BCUT2D eigenvalue weighted by Gasteiger charge is -2.09. The Balaban J connectivity index is 2.62. The first-order chi connectivity index (χ1) is 8.34. The van der Waals surface area contributed by atoms with E-state index in [0.29, 0.717) is 28.3 Å². The molecule has 1 aliphatic heterocycles. The average Bonchev–Trinajstić information content (AvgIpc) is 2.70. The largest absolute Gasteiger partial charge is 0.332 e. The monoisotopic (exact) mass is 331 g/mol. The molecular formula is C12H16BrN2O2S+. The van der Waals surface area contributed by atoms with Crippen molar-refractivity contribution in [3.8, 4) is 0 Å². The molecule has 0 bridgehead atoms. The molecule has 1 N–H and O–H groups in total. The second-order valence-electron chi connectivity index (χ2n) is 4.46. The van der Waals surface area contributed by atoms with E-state index in [4.69, 9.17) is 0 Å². The van der Waals surface area contributed by atoms with Crippen LogP contribution in [0.3, 0.4) is 0 Å². The maximum Gasteiger partial charge on any atom is 0.332 e. The topological polar surface area (TPSA) is 49.2 Å². The van der Waals surface area contributed by atoms with Crippen molar-refractivity contribution in [2.24, 2.45) is 0 Å². The van der Waals surface area contributed by atoms with E-state index in [9.17, 15) is 8.42 Å². The number of hydrogen-bond acceptors (Lipinski definition) is 3. The van der Waals surface area contributed by atoms with Crippen LogP contribution in [0.2, 0.25) is 0 Å². The van der Waals surface area contributed by atoms with E-state index in [1.807, 2.05) is 19.9 Å². The number of nitrogens with one attached hydrogen (secondary N) is 1. The summed E-state index contributed by atoms with van der Waals surface area (Å²) < 4.78 is 27.2. The van der Waals surface area contributed by atoms with Crippen LogP contribution in [0.4, 0.5) is 0 Å². The summed E-state index contributed by atoms with van der Waals surface area (Å²) in [5, 5.41) is 3.04. The van der Waals surface area contributed by atoms with Crippen LogP contribution in [0.1, 0.15) is 18.1 Å². The fraction of sp³-hybridized carbons (Fsp3) is 0.417. The third-order valence-electron chi connectivity index (χ3n) is 3.19. The van der Waals surface area contributed by atoms with Gasteiger partial charge in [-0.3, -0.25) is 5.32 Å². The zero-order valence-corrected chi connectivity index (χ0v) is 13.0. The molecule has 0 aliphatic carbocycles. The Bertz CT molecular complexity index is 636. The minimum absolute atomic E-state index is 0.327. The fourth-order valence-electron chi connectivity index (χ4n) is 1.97. The van der Waals surface area contributed by atoms with E-state index in [-0.39, 0.29) is 0 Å². The normalized spacial score (nSPS) is 16.0. The lowest BCUT2D eigenvalue weighted by molar-refractivity contribution is -0.353. The van der Waals surface area contributed by atoms with E-state index in [1.54, 1.807) is 13.0 Å². The van der Waals surface area contributed by atoms with E-state index in [1.165, 1.54) is 3.98 Å². The molecule has 4 nitrogen and oxygen atoms in total. The zero-order chi connectivity index (χ0) is 13.5. The Morgan fingerprint density at radius 3 is 2.39 bits per heavy atom. The third kappa shape index (κ3) is 2.19. The van der Waals surface area contributed by atoms with Gasteiger partial charge in [-0.1, -0.05) is 0 Å². The second kappa shape index (κ2) is 4.66. The van der Waals surface area contributed by atoms with Crippen LogP contribution in [0.15, 0.2) is 21.5 Å². The van der Waals surface area contributed by atoms with Crippen molar-refractivity contribution in [3.05, 3.63) is 27.7 Å². The Kier molecular flexibility index (Phi) is 3.51. The molecule has 0 aromatic heterocycles. The maximum atomic E-state index is 12.6. The highest BCUT2D eigenvalue weighted by atomic mass is 79.9. The van der Waals surface area contributed by atoms with Gasteiger partial charge in [0.2, 0.25) is 0 Å². The summed E-state index contributed by atoms with van der Waals surface area (Å²) in [5.41, 5.74) is 2.04. The molecule has 1 heterocycles. The van der Waals surface area contributed by atoms with E-state index in [2.05, 4.69) is 21.2 Å². The highest BCUT2D eigenvalue weighted by Gasteiger charge is 2.32. The van der Waals surface area contributed by atoms with Gasteiger partial charge in [-0.2, -0.15) is 8.42 Å². The summed E-state index contributed by atoms with van der Waals surface area (Å²) in [6, 6.07) is 3.57. The standard InChI is InChI=1S/C12H15BrN2O2S/c1-8-6-11(13)12(7-9(8)2)18(16,17)15-5-4-14-10(15)3/h6-7H,4-5H2,1-3H3/p+1. The first kappa shape index (κ1) is 13.5. The predicted octanol–water partition coefficient (Wildman–Crippen LogP) is 1.79. The van der Waals surface area contributed by atoms with Crippen molar-refractivity contribution in [2.45, 2.75) is 25.7 Å². The summed E-state index contributed by atoms with van der Waals surface area (Å²) in [6.45, 7) is 6.80.